The molecule has 0 amide bonds. The number of rotatable bonds is 14. The van der Waals surface area contributed by atoms with Gasteiger partial charge in [0.1, 0.15) is 0 Å². The van der Waals surface area contributed by atoms with Gasteiger partial charge in [-0.3, -0.25) is 0 Å². The summed E-state index contributed by atoms with van der Waals surface area (Å²) in [5, 5.41) is 0. The van der Waals surface area contributed by atoms with Crippen LogP contribution in [0.3, 0.4) is 0 Å². The van der Waals surface area contributed by atoms with Crippen LogP contribution in [0.4, 0.5) is 0 Å². The molecule has 0 radical (unpaired) electrons. The van der Waals surface area contributed by atoms with Gasteiger partial charge in [0, 0.05) is 13.2 Å². The van der Waals surface area contributed by atoms with Crippen molar-refractivity contribution in [2.75, 3.05) is 13.2 Å². The lowest BCUT2D eigenvalue weighted by Gasteiger charge is -2.28. The average molecular weight is 479 g/mol. The van der Waals surface area contributed by atoms with Crippen molar-refractivity contribution in [3.8, 4) is 0 Å². The van der Waals surface area contributed by atoms with Crippen LogP contribution in [0.15, 0.2) is 48.5 Å². The zero-order valence-corrected chi connectivity index (χ0v) is 24.3. The minimum Gasteiger partial charge on any atom is -0.381 e. The van der Waals surface area contributed by atoms with E-state index in [1.807, 2.05) is 0 Å². The molecule has 0 fully saturated rings. The summed E-state index contributed by atoms with van der Waals surface area (Å²) in [6.45, 7) is 20.4. The normalized spacial score (nSPS) is 14.2. The molecule has 2 unspecified atom stereocenters. The molecule has 2 aromatic rings. The van der Waals surface area contributed by atoms with E-state index in [2.05, 4.69) is 104 Å². The molecule has 0 saturated heterocycles. The zero-order chi connectivity index (χ0) is 25.9. The maximum Gasteiger partial charge on any atom is 0.0466 e. The Kier molecular flexibility index (Phi) is 12.0. The average Bonchev–Trinajstić information content (AvgIpc) is 2.81. The Labute approximate surface area is 218 Å². The Morgan fingerprint density at radius 3 is 1.29 bits per heavy atom. The minimum absolute atomic E-state index is 0.194. The fraction of sp³-hybridized carbons (Fsp3) is 0.647. The zero-order valence-electron chi connectivity index (χ0n) is 24.3. The minimum atomic E-state index is 0.194. The third-order valence-corrected chi connectivity index (χ3v) is 7.37. The van der Waals surface area contributed by atoms with Gasteiger partial charge in [0.05, 0.1) is 0 Å². The molecule has 2 aromatic carbocycles. The van der Waals surface area contributed by atoms with Crippen LogP contribution in [0.1, 0.15) is 141 Å². The van der Waals surface area contributed by atoms with Crippen LogP contribution >= 0.6 is 0 Å². The first-order valence-corrected chi connectivity index (χ1v) is 14.4. The van der Waals surface area contributed by atoms with Crippen LogP contribution in [0.2, 0.25) is 0 Å². The van der Waals surface area contributed by atoms with E-state index in [0.717, 1.165) is 26.1 Å². The Balaban J connectivity index is 1.86. The molecule has 0 heterocycles. The standard InChI is InChI=1S/C34H54O/c1-9-17-27(29-21-11-13-23-31(29)33(3,4)5)19-15-25-35-26-16-20-28(18-10-2)30-22-12-14-24-32(30)34(6,7)8/h11-14,21-24,27-28H,9-10,15-20,25-26H2,1-8H3. The molecule has 0 aliphatic carbocycles. The highest BCUT2D eigenvalue weighted by Gasteiger charge is 2.23. The van der Waals surface area contributed by atoms with Crippen molar-refractivity contribution >= 4 is 0 Å². The van der Waals surface area contributed by atoms with E-state index in [1.54, 1.807) is 11.1 Å². The molecule has 0 saturated carbocycles. The topological polar surface area (TPSA) is 9.23 Å². The molecule has 1 heteroatoms. The van der Waals surface area contributed by atoms with Gasteiger partial charge in [0.25, 0.3) is 0 Å². The van der Waals surface area contributed by atoms with E-state index in [-0.39, 0.29) is 10.8 Å². The maximum absolute atomic E-state index is 6.16. The molecule has 0 bridgehead atoms. The van der Waals surface area contributed by atoms with Crippen LogP contribution in [-0.2, 0) is 15.6 Å². The second kappa shape index (κ2) is 14.2. The van der Waals surface area contributed by atoms with Crippen molar-refractivity contribution in [3.63, 3.8) is 0 Å². The lowest BCUT2D eigenvalue weighted by molar-refractivity contribution is 0.123. The SMILES string of the molecule is CCCC(CCCOCCCC(CCC)c1ccccc1C(C)(C)C)c1ccccc1C(C)(C)C. The predicted molar refractivity (Wildman–Crippen MR) is 155 cm³/mol. The fourth-order valence-corrected chi connectivity index (χ4v) is 5.65. The first kappa shape index (κ1) is 29.6. The molecule has 196 valence electrons. The summed E-state index contributed by atoms with van der Waals surface area (Å²) in [6, 6.07) is 18.2. The van der Waals surface area contributed by atoms with Gasteiger partial charge >= 0.3 is 0 Å². The molecule has 2 rings (SSSR count). The molecule has 0 aromatic heterocycles. The van der Waals surface area contributed by atoms with E-state index in [0.29, 0.717) is 11.8 Å². The molecule has 1 nitrogen and oxygen atoms in total. The van der Waals surface area contributed by atoms with Gasteiger partial charge in [0.15, 0.2) is 0 Å². The fourth-order valence-electron chi connectivity index (χ4n) is 5.65. The highest BCUT2D eigenvalue weighted by Crippen LogP contribution is 2.36. The Bertz CT molecular complexity index is 780. The largest absolute Gasteiger partial charge is 0.381 e. The lowest BCUT2D eigenvalue weighted by atomic mass is 9.78. The molecule has 0 spiro atoms. The second-order valence-electron chi connectivity index (χ2n) is 12.5. The van der Waals surface area contributed by atoms with E-state index >= 15 is 0 Å². The molecule has 0 N–H and O–H groups in total. The molecular formula is C34H54O. The molecule has 0 aliphatic heterocycles. The summed E-state index contributed by atoms with van der Waals surface area (Å²) in [4.78, 5) is 0. The monoisotopic (exact) mass is 478 g/mol. The summed E-state index contributed by atoms with van der Waals surface area (Å²) in [6.07, 6.45) is 9.73. The van der Waals surface area contributed by atoms with E-state index < -0.39 is 0 Å². The van der Waals surface area contributed by atoms with Crippen LogP contribution in [0.5, 0.6) is 0 Å². The van der Waals surface area contributed by atoms with Gasteiger partial charge in [0.2, 0.25) is 0 Å². The number of hydrogen-bond acceptors (Lipinski definition) is 1. The lowest BCUT2D eigenvalue weighted by Crippen LogP contribution is -2.16. The quantitative estimate of drug-likeness (QED) is 0.245. The Hall–Kier alpha value is -1.60. The van der Waals surface area contributed by atoms with Gasteiger partial charge in [-0.15, -0.1) is 0 Å². The second-order valence-corrected chi connectivity index (χ2v) is 12.5. The van der Waals surface area contributed by atoms with Crippen molar-refractivity contribution in [2.24, 2.45) is 0 Å². The molecule has 35 heavy (non-hydrogen) atoms. The summed E-state index contributed by atoms with van der Waals surface area (Å²) in [5.74, 6) is 1.28. The Morgan fingerprint density at radius 1 is 0.571 bits per heavy atom. The van der Waals surface area contributed by atoms with Gasteiger partial charge in [-0.1, -0.05) is 117 Å². The predicted octanol–water partition coefficient (Wildman–Crippen LogP) is 10.3. The first-order chi connectivity index (χ1) is 16.6. The summed E-state index contributed by atoms with van der Waals surface area (Å²) >= 11 is 0. The highest BCUT2D eigenvalue weighted by atomic mass is 16.5. The summed E-state index contributed by atoms with van der Waals surface area (Å²) < 4.78 is 6.16. The third-order valence-electron chi connectivity index (χ3n) is 7.37. The van der Waals surface area contributed by atoms with Crippen molar-refractivity contribution in [1.82, 2.24) is 0 Å². The van der Waals surface area contributed by atoms with Crippen molar-refractivity contribution in [2.45, 2.75) is 129 Å². The van der Waals surface area contributed by atoms with Crippen molar-refractivity contribution in [1.29, 1.82) is 0 Å². The molecule has 0 aliphatic rings. The van der Waals surface area contributed by atoms with Crippen LogP contribution in [-0.4, -0.2) is 13.2 Å². The third kappa shape index (κ3) is 9.41. The van der Waals surface area contributed by atoms with E-state index in [4.69, 9.17) is 4.74 Å². The maximum atomic E-state index is 6.16. The first-order valence-electron chi connectivity index (χ1n) is 14.4. The molecule has 2 atom stereocenters. The Morgan fingerprint density at radius 2 is 0.943 bits per heavy atom. The van der Waals surface area contributed by atoms with Crippen LogP contribution in [0.25, 0.3) is 0 Å². The van der Waals surface area contributed by atoms with Gasteiger partial charge in [-0.05, 0) is 83.4 Å². The van der Waals surface area contributed by atoms with Gasteiger partial charge in [-0.2, -0.15) is 0 Å². The smallest absolute Gasteiger partial charge is 0.0466 e. The van der Waals surface area contributed by atoms with E-state index in [9.17, 15) is 0 Å². The van der Waals surface area contributed by atoms with Crippen LogP contribution in [0, 0.1) is 0 Å². The van der Waals surface area contributed by atoms with Gasteiger partial charge < -0.3 is 4.74 Å². The highest BCUT2D eigenvalue weighted by molar-refractivity contribution is 5.36. The van der Waals surface area contributed by atoms with E-state index in [1.165, 1.54) is 49.7 Å². The number of hydrogen-bond donors (Lipinski definition) is 0. The van der Waals surface area contributed by atoms with Crippen LogP contribution < -0.4 is 0 Å². The van der Waals surface area contributed by atoms with Crippen molar-refractivity contribution in [3.05, 3.63) is 70.8 Å². The number of benzene rings is 2. The summed E-state index contributed by atoms with van der Waals surface area (Å²) in [7, 11) is 0. The van der Waals surface area contributed by atoms with Gasteiger partial charge in [-0.25, -0.2) is 0 Å². The molecular weight excluding hydrogens is 424 g/mol. The van der Waals surface area contributed by atoms with Crippen molar-refractivity contribution < 1.29 is 4.74 Å². The summed E-state index contributed by atoms with van der Waals surface area (Å²) in [5.41, 5.74) is 6.52. The number of ether oxygens (including phenoxy) is 1.